The van der Waals surface area contributed by atoms with Gasteiger partial charge in [-0.15, -0.1) is 0 Å². The van der Waals surface area contributed by atoms with Gasteiger partial charge < -0.3 is 10.2 Å². The van der Waals surface area contributed by atoms with Gasteiger partial charge in [-0.2, -0.15) is 0 Å². The molecule has 1 saturated heterocycles. The van der Waals surface area contributed by atoms with Crippen LogP contribution in [0.15, 0.2) is 54.6 Å². The number of hydrogen-bond donors (Lipinski definition) is 3. The summed E-state index contributed by atoms with van der Waals surface area (Å²) in [5.74, 6) is -1.32. The Morgan fingerprint density at radius 1 is 1.15 bits per heavy atom. The summed E-state index contributed by atoms with van der Waals surface area (Å²) in [6.07, 6.45) is 0. The lowest BCUT2D eigenvalue weighted by Crippen LogP contribution is -2.43. The molecule has 3 N–H and O–H groups in total. The second-order valence-electron chi connectivity index (χ2n) is 6.75. The highest BCUT2D eigenvalue weighted by atomic mass is 19.1. The number of halogens is 1. The third-order valence-corrected chi connectivity index (χ3v) is 4.63. The molecule has 7 heteroatoms. The van der Waals surface area contributed by atoms with Gasteiger partial charge in [-0.05, 0) is 23.3 Å². The van der Waals surface area contributed by atoms with Crippen molar-refractivity contribution in [3.63, 3.8) is 0 Å². The van der Waals surface area contributed by atoms with Gasteiger partial charge >= 0.3 is 0 Å². The number of hydrogen-bond acceptors (Lipinski definition) is 4. The molecule has 0 aliphatic carbocycles. The first-order valence-corrected chi connectivity index (χ1v) is 8.77. The highest BCUT2D eigenvalue weighted by Gasteiger charge is 2.36. The lowest BCUT2D eigenvalue weighted by molar-refractivity contribution is -0.135. The van der Waals surface area contributed by atoms with Crippen molar-refractivity contribution in [3.8, 4) is 0 Å². The Labute approximate surface area is 157 Å². The molecule has 3 unspecified atom stereocenters. The second-order valence-corrected chi connectivity index (χ2v) is 6.75. The largest absolute Gasteiger partial charge is 0.347 e. The molecule has 27 heavy (non-hydrogen) atoms. The van der Waals surface area contributed by atoms with Crippen molar-refractivity contribution < 1.29 is 14.0 Å². The third-order valence-electron chi connectivity index (χ3n) is 4.63. The molecule has 6 nitrogen and oxygen atoms in total. The molecular weight excluding hydrogens is 347 g/mol. The van der Waals surface area contributed by atoms with E-state index in [1.807, 2.05) is 30.3 Å². The molecule has 3 atom stereocenters. The number of rotatable bonds is 5. The highest BCUT2D eigenvalue weighted by molar-refractivity contribution is 5.89. The zero-order valence-corrected chi connectivity index (χ0v) is 15.3. The van der Waals surface area contributed by atoms with E-state index in [4.69, 9.17) is 0 Å². The minimum absolute atomic E-state index is 0.212. The maximum absolute atomic E-state index is 13.6. The second kappa shape index (κ2) is 8.28. The number of carbonyl (C=O) groups excluding carboxylic acids is 2. The Kier molecular flexibility index (Phi) is 5.83. The zero-order chi connectivity index (χ0) is 19.4. The molecule has 0 spiro atoms. The van der Waals surface area contributed by atoms with Crippen molar-refractivity contribution in [2.75, 3.05) is 20.6 Å². The van der Waals surface area contributed by atoms with Gasteiger partial charge in [0, 0.05) is 20.6 Å². The molecule has 2 amide bonds. The standard InChI is InChI=1S/C20H23FN4O2/c1-25(2)20(27)18(13-7-4-3-5-8-13)23-19(26)16-12-22-24-17(16)14-9-6-10-15(21)11-14/h3-11,16-18,22,24H,12H2,1-2H3,(H,23,26). The van der Waals surface area contributed by atoms with Crippen molar-refractivity contribution in [1.29, 1.82) is 0 Å². The molecule has 0 radical (unpaired) electrons. The SMILES string of the molecule is CN(C)C(=O)C(NC(=O)C1CNNC1c1cccc(F)c1)c1ccccc1. The van der Waals surface area contributed by atoms with Gasteiger partial charge in [0.2, 0.25) is 11.8 Å². The minimum atomic E-state index is -0.776. The summed E-state index contributed by atoms with van der Waals surface area (Å²) in [7, 11) is 3.30. The van der Waals surface area contributed by atoms with Gasteiger partial charge in [0.1, 0.15) is 11.9 Å². The van der Waals surface area contributed by atoms with E-state index in [1.54, 1.807) is 26.2 Å². The molecule has 2 aromatic rings. The fraction of sp³-hybridized carbons (Fsp3) is 0.300. The Balaban J connectivity index is 1.81. The number of carbonyl (C=O) groups is 2. The van der Waals surface area contributed by atoms with E-state index in [-0.39, 0.29) is 23.7 Å². The van der Waals surface area contributed by atoms with Crippen LogP contribution in [0.5, 0.6) is 0 Å². The average Bonchev–Trinajstić information content (AvgIpc) is 3.16. The third kappa shape index (κ3) is 4.32. The highest BCUT2D eigenvalue weighted by Crippen LogP contribution is 2.26. The Bertz CT molecular complexity index is 813. The van der Waals surface area contributed by atoms with Crippen LogP contribution >= 0.6 is 0 Å². The van der Waals surface area contributed by atoms with Crippen molar-refractivity contribution in [1.82, 2.24) is 21.1 Å². The van der Waals surface area contributed by atoms with Crippen LogP contribution < -0.4 is 16.2 Å². The zero-order valence-electron chi connectivity index (χ0n) is 15.3. The molecule has 3 rings (SSSR count). The fourth-order valence-electron chi connectivity index (χ4n) is 3.20. The Morgan fingerprint density at radius 3 is 2.56 bits per heavy atom. The molecule has 142 valence electrons. The van der Waals surface area contributed by atoms with E-state index in [9.17, 15) is 14.0 Å². The molecule has 2 aromatic carbocycles. The van der Waals surface area contributed by atoms with Crippen LogP contribution in [0.25, 0.3) is 0 Å². The molecule has 1 fully saturated rings. The number of amides is 2. The molecule has 1 aliphatic heterocycles. The van der Waals surface area contributed by atoms with E-state index < -0.39 is 12.0 Å². The number of nitrogens with zero attached hydrogens (tertiary/aromatic N) is 1. The van der Waals surface area contributed by atoms with Crippen molar-refractivity contribution in [3.05, 3.63) is 71.5 Å². The predicted octanol–water partition coefficient (Wildman–Crippen LogP) is 1.54. The number of nitrogens with one attached hydrogen (secondary N) is 3. The van der Waals surface area contributed by atoms with Crippen molar-refractivity contribution >= 4 is 11.8 Å². The van der Waals surface area contributed by atoms with Gasteiger partial charge in [0.15, 0.2) is 0 Å². The van der Waals surface area contributed by atoms with Gasteiger partial charge in [-0.1, -0.05) is 42.5 Å². The van der Waals surface area contributed by atoms with E-state index in [0.717, 1.165) is 0 Å². The first-order chi connectivity index (χ1) is 13.0. The molecule has 1 heterocycles. The van der Waals surface area contributed by atoms with Crippen LogP contribution in [0, 0.1) is 11.7 Å². The van der Waals surface area contributed by atoms with Gasteiger partial charge in [0.05, 0.1) is 12.0 Å². The lowest BCUT2D eigenvalue weighted by Gasteiger charge is -2.25. The Hall–Kier alpha value is -2.77. The summed E-state index contributed by atoms with van der Waals surface area (Å²) in [6, 6.07) is 14.1. The van der Waals surface area contributed by atoms with Crippen LogP contribution in [-0.2, 0) is 9.59 Å². The van der Waals surface area contributed by atoms with E-state index >= 15 is 0 Å². The first-order valence-electron chi connectivity index (χ1n) is 8.77. The summed E-state index contributed by atoms with van der Waals surface area (Å²) < 4.78 is 13.6. The smallest absolute Gasteiger partial charge is 0.249 e. The maximum Gasteiger partial charge on any atom is 0.249 e. The van der Waals surface area contributed by atoms with E-state index in [2.05, 4.69) is 16.2 Å². The lowest BCUT2D eigenvalue weighted by atomic mass is 9.93. The van der Waals surface area contributed by atoms with Crippen LogP contribution in [0.2, 0.25) is 0 Å². The van der Waals surface area contributed by atoms with Gasteiger partial charge in [0.25, 0.3) is 0 Å². The van der Waals surface area contributed by atoms with Gasteiger partial charge in [-0.25, -0.2) is 9.82 Å². The van der Waals surface area contributed by atoms with Gasteiger partial charge in [-0.3, -0.25) is 15.0 Å². The number of benzene rings is 2. The van der Waals surface area contributed by atoms with Crippen LogP contribution in [0.1, 0.15) is 23.2 Å². The van der Waals surface area contributed by atoms with E-state index in [0.29, 0.717) is 17.7 Å². The minimum Gasteiger partial charge on any atom is -0.347 e. The molecule has 0 bridgehead atoms. The Morgan fingerprint density at radius 2 is 1.89 bits per heavy atom. The number of likely N-dealkylation sites (N-methyl/N-ethyl adjacent to an activating group) is 1. The summed E-state index contributed by atoms with van der Waals surface area (Å²) in [4.78, 5) is 27.0. The average molecular weight is 370 g/mol. The summed E-state index contributed by atoms with van der Waals surface area (Å²) >= 11 is 0. The quantitative estimate of drug-likeness (QED) is 0.747. The summed E-state index contributed by atoms with van der Waals surface area (Å²) in [6.45, 7) is 0.380. The number of hydrazine groups is 1. The molecule has 0 saturated carbocycles. The van der Waals surface area contributed by atoms with E-state index in [1.165, 1.54) is 17.0 Å². The molecular formula is C20H23FN4O2. The van der Waals surface area contributed by atoms with Crippen LogP contribution in [-0.4, -0.2) is 37.4 Å². The first kappa shape index (κ1) is 19.0. The maximum atomic E-state index is 13.6. The van der Waals surface area contributed by atoms with Crippen LogP contribution in [0.4, 0.5) is 4.39 Å². The topological polar surface area (TPSA) is 73.5 Å². The van der Waals surface area contributed by atoms with Crippen molar-refractivity contribution in [2.45, 2.75) is 12.1 Å². The molecule has 0 aromatic heterocycles. The predicted molar refractivity (Wildman–Crippen MR) is 99.8 cm³/mol. The monoisotopic (exact) mass is 370 g/mol. The van der Waals surface area contributed by atoms with Crippen LogP contribution in [0.3, 0.4) is 0 Å². The molecule has 1 aliphatic rings. The van der Waals surface area contributed by atoms with Crippen molar-refractivity contribution in [2.24, 2.45) is 5.92 Å². The normalized spacial score (nSPS) is 20.1. The summed E-state index contributed by atoms with van der Waals surface area (Å²) in [5, 5.41) is 2.87. The summed E-state index contributed by atoms with van der Waals surface area (Å²) in [5.41, 5.74) is 7.37. The fourth-order valence-corrected chi connectivity index (χ4v) is 3.20.